The first-order chi connectivity index (χ1) is 20.5. The van der Waals surface area contributed by atoms with Gasteiger partial charge in [0.15, 0.2) is 0 Å². The molecule has 0 bridgehead atoms. The molecule has 0 unspecified atom stereocenters. The number of aromatic nitrogens is 2. The summed E-state index contributed by atoms with van der Waals surface area (Å²) in [4.78, 5) is 36.0. The standard InChI is InChI=1S/C33H29ClN5O3/c1-21-31(36-32(42-21)22-7-3-2-4-8-22)30(40)19-38-18-26(25-12-11-23(34)17-29(25)38)33(41)37-15-13-24(14-16-37)39-20-35-27-9-5-6-10-28(27)39/h2-12,17-18,20,24,35H,13-16,19H2,1H3. The number of rotatable bonds is 6. The van der Waals surface area contributed by atoms with Crippen molar-refractivity contribution >= 4 is 45.6 Å². The highest BCUT2D eigenvalue weighted by molar-refractivity contribution is 6.31. The predicted octanol–water partition coefficient (Wildman–Crippen LogP) is 6.80. The molecule has 211 valence electrons. The number of piperidine rings is 1. The molecule has 1 N–H and O–H groups in total. The number of ketones is 1. The van der Waals surface area contributed by atoms with Crippen molar-refractivity contribution in [3.63, 3.8) is 0 Å². The second kappa shape index (κ2) is 10.7. The molecular formula is C33H29ClN5O3. The van der Waals surface area contributed by atoms with Gasteiger partial charge < -0.3 is 24.1 Å². The van der Waals surface area contributed by atoms with Gasteiger partial charge in [-0.2, -0.15) is 0 Å². The molecular weight excluding hydrogens is 550 g/mol. The van der Waals surface area contributed by atoms with Gasteiger partial charge in [0.05, 0.1) is 29.0 Å². The van der Waals surface area contributed by atoms with E-state index in [4.69, 9.17) is 16.0 Å². The molecule has 1 saturated heterocycles. The molecule has 7 rings (SSSR count). The molecule has 0 aliphatic carbocycles. The molecule has 0 saturated carbocycles. The molecule has 8 nitrogen and oxygen atoms in total. The zero-order valence-electron chi connectivity index (χ0n) is 23.1. The van der Waals surface area contributed by atoms with E-state index in [0.717, 1.165) is 35.0 Å². The van der Waals surface area contributed by atoms with Crippen molar-refractivity contribution in [3.8, 4) is 11.5 Å². The Morgan fingerprint density at radius 2 is 1.79 bits per heavy atom. The van der Waals surface area contributed by atoms with Crippen molar-refractivity contribution in [2.24, 2.45) is 0 Å². The quantitative estimate of drug-likeness (QED) is 0.223. The molecule has 5 aromatic rings. The number of carbonyl (C=O) groups is 2. The van der Waals surface area contributed by atoms with Gasteiger partial charge >= 0.3 is 0 Å². The van der Waals surface area contributed by atoms with Gasteiger partial charge in [0, 0.05) is 41.3 Å². The van der Waals surface area contributed by atoms with Crippen LogP contribution < -0.4 is 10.2 Å². The van der Waals surface area contributed by atoms with Gasteiger partial charge in [-0.05, 0) is 56.2 Å². The van der Waals surface area contributed by atoms with Gasteiger partial charge in [-0.1, -0.05) is 48.0 Å². The Morgan fingerprint density at radius 3 is 2.60 bits per heavy atom. The molecule has 0 atom stereocenters. The van der Waals surface area contributed by atoms with Crippen LogP contribution in [0.4, 0.5) is 11.4 Å². The molecule has 42 heavy (non-hydrogen) atoms. The average molecular weight is 579 g/mol. The number of amides is 1. The summed E-state index contributed by atoms with van der Waals surface area (Å²) >= 11 is 6.36. The number of benzene rings is 3. The fraction of sp³-hybridized carbons (Fsp3) is 0.212. The van der Waals surface area contributed by atoms with Crippen molar-refractivity contribution in [2.45, 2.75) is 32.4 Å². The molecule has 2 aromatic heterocycles. The molecule has 9 heteroatoms. The predicted molar refractivity (Wildman–Crippen MR) is 164 cm³/mol. The summed E-state index contributed by atoms with van der Waals surface area (Å²) in [5.74, 6) is 0.619. The first-order valence-corrected chi connectivity index (χ1v) is 14.4. The van der Waals surface area contributed by atoms with E-state index in [1.165, 1.54) is 5.69 Å². The SMILES string of the molecule is Cc1oc(-c2ccccc2)nc1C(=O)Cn1cc(C(=O)N2CCC(N3[CH]Nc4ccccc43)CC2)c2ccc(Cl)cc21. The lowest BCUT2D eigenvalue weighted by atomic mass is 10.0. The first-order valence-electron chi connectivity index (χ1n) is 14.1. The van der Waals surface area contributed by atoms with Crippen LogP contribution in [-0.4, -0.2) is 45.3 Å². The van der Waals surface area contributed by atoms with Crippen LogP contribution in [0.5, 0.6) is 0 Å². The van der Waals surface area contributed by atoms with E-state index in [0.29, 0.717) is 41.4 Å². The molecule has 2 aliphatic rings. The lowest BCUT2D eigenvalue weighted by Gasteiger charge is -2.37. The highest BCUT2D eigenvalue weighted by atomic mass is 35.5. The third-order valence-corrected chi connectivity index (χ3v) is 8.39. The first kappa shape index (κ1) is 26.3. The lowest BCUT2D eigenvalue weighted by molar-refractivity contribution is 0.0715. The van der Waals surface area contributed by atoms with Crippen molar-refractivity contribution in [1.82, 2.24) is 14.5 Å². The second-order valence-electron chi connectivity index (χ2n) is 10.8. The van der Waals surface area contributed by atoms with E-state index in [-0.39, 0.29) is 23.9 Å². The average Bonchev–Trinajstić information content (AvgIpc) is 3.72. The number of carbonyl (C=O) groups excluding carboxylic acids is 2. The lowest BCUT2D eigenvalue weighted by Crippen LogP contribution is -2.45. The molecule has 1 fully saturated rings. The Bertz CT molecular complexity index is 1800. The van der Waals surface area contributed by atoms with Crippen molar-refractivity contribution in [1.29, 1.82) is 0 Å². The zero-order valence-corrected chi connectivity index (χ0v) is 23.8. The minimum absolute atomic E-state index is 0.00496. The molecule has 3 aromatic carbocycles. The fourth-order valence-corrected chi connectivity index (χ4v) is 6.17. The topological polar surface area (TPSA) is 83.6 Å². The third-order valence-electron chi connectivity index (χ3n) is 8.16. The highest BCUT2D eigenvalue weighted by Gasteiger charge is 2.32. The summed E-state index contributed by atoms with van der Waals surface area (Å²) in [5.41, 5.74) is 4.65. The van der Waals surface area contributed by atoms with Crippen LogP contribution in [0.2, 0.25) is 5.02 Å². The number of anilines is 2. The van der Waals surface area contributed by atoms with E-state index in [9.17, 15) is 9.59 Å². The number of oxazole rings is 1. The van der Waals surface area contributed by atoms with Gasteiger partial charge in [0.25, 0.3) is 5.91 Å². The number of likely N-dealkylation sites (tertiary alicyclic amines) is 1. The van der Waals surface area contributed by atoms with Crippen LogP contribution in [0.25, 0.3) is 22.4 Å². The minimum atomic E-state index is -0.203. The number of para-hydroxylation sites is 2. The number of fused-ring (bicyclic) bond motifs is 2. The Hall–Kier alpha value is -4.56. The molecule has 1 radical (unpaired) electrons. The van der Waals surface area contributed by atoms with E-state index in [1.54, 1.807) is 29.8 Å². The van der Waals surface area contributed by atoms with Crippen LogP contribution in [0.3, 0.4) is 0 Å². The van der Waals surface area contributed by atoms with Crippen LogP contribution in [-0.2, 0) is 6.54 Å². The van der Waals surface area contributed by atoms with Crippen molar-refractivity contribution in [2.75, 3.05) is 23.3 Å². The van der Waals surface area contributed by atoms with Gasteiger partial charge in [-0.25, -0.2) is 4.98 Å². The smallest absolute Gasteiger partial charge is 0.256 e. The number of halogens is 1. The van der Waals surface area contributed by atoms with E-state index < -0.39 is 0 Å². The van der Waals surface area contributed by atoms with E-state index >= 15 is 0 Å². The number of hydrogen-bond donors (Lipinski definition) is 1. The maximum absolute atomic E-state index is 13.8. The van der Waals surface area contributed by atoms with Gasteiger partial charge in [-0.3, -0.25) is 9.59 Å². The molecule has 1 amide bonds. The molecule has 0 spiro atoms. The van der Waals surface area contributed by atoms with Crippen LogP contribution in [0, 0.1) is 13.6 Å². The van der Waals surface area contributed by atoms with Crippen LogP contribution in [0.15, 0.2) is 83.4 Å². The third kappa shape index (κ3) is 4.71. The largest absolute Gasteiger partial charge is 0.441 e. The Kier molecular flexibility index (Phi) is 6.70. The minimum Gasteiger partial charge on any atom is -0.441 e. The number of nitrogens with one attached hydrogen (secondary N) is 1. The fourth-order valence-electron chi connectivity index (χ4n) is 6.00. The second-order valence-corrected chi connectivity index (χ2v) is 11.2. The number of Topliss-reactive ketones (excluding diaryl/α,β-unsaturated/α-hetero) is 1. The van der Waals surface area contributed by atoms with Crippen molar-refractivity contribution < 1.29 is 14.0 Å². The summed E-state index contributed by atoms with van der Waals surface area (Å²) < 4.78 is 7.61. The summed E-state index contributed by atoms with van der Waals surface area (Å²) in [5, 5.41) is 4.65. The van der Waals surface area contributed by atoms with Crippen molar-refractivity contribution in [3.05, 3.63) is 108 Å². The summed E-state index contributed by atoms with van der Waals surface area (Å²) in [6.45, 7) is 5.07. The van der Waals surface area contributed by atoms with E-state index in [2.05, 4.69) is 27.3 Å². The summed E-state index contributed by atoms with van der Waals surface area (Å²) in [7, 11) is 0. The maximum atomic E-state index is 13.8. The number of hydrogen-bond acceptors (Lipinski definition) is 6. The normalized spacial score (nSPS) is 15.2. The van der Waals surface area contributed by atoms with Gasteiger partial charge in [-0.15, -0.1) is 0 Å². The highest BCUT2D eigenvalue weighted by Crippen LogP contribution is 2.37. The summed E-state index contributed by atoms with van der Waals surface area (Å²) in [6.07, 6.45) is 3.49. The van der Waals surface area contributed by atoms with Gasteiger partial charge in [0.1, 0.15) is 18.1 Å². The monoisotopic (exact) mass is 578 g/mol. The zero-order chi connectivity index (χ0) is 28.8. The Balaban J connectivity index is 1.11. The van der Waals surface area contributed by atoms with Gasteiger partial charge in [0.2, 0.25) is 11.7 Å². The maximum Gasteiger partial charge on any atom is 0.256 e. The molecule has 4 heterocycles. The van der Waals surface area contributed by atoms with Crippen LogP contribution >= 0.6 is 11.6 Å². The van der Waals surface area contributed by atoms with Crippen LogP contribution in [0.1, 0.15) is 39.4 Å². The number of nitrogens with zero attached hydrogens (tertiary/aromatic N) is 4. The molecule has 2 aliphatic heterocycles. The Morgan fingerprint density at radius 1 is 1.02 bits per heavy atom. The number of aryl methyl sites for hydroxylation is 1. The Labute approximate surface area is 248 Å². The van der Waals surface area contributed by atoms with E-state index in [1.807, 2.05) is 60.1 Å². The summed E-state index contributed by atoms with van der Waals surface area (Å²) in [6, 6.07) is 23.5.